The first-order chi connectivity index (χ1) is 24.1. The second-order valence-corrected chi connectivity index (χ2v) is 16.1. The molecule has 0 saturated carbocycles. The van der Waals surface area contributed by atoms with Gasteiger partial charge in [-0.3, -0.25) is 24.6 Å². The zero-order chi connectivity index (χ0) is 35.0. The number of nitrogens with zero attached hydrogens (tertiary/aromatic N) is 5. The number of nitrogens with one attached hydrogen (secondary N) is 2. The fourth-order valence-corrected chi connectivity index (χ4v) is 9.24. The topological polar surface area (TPSA) is 103 Å². The molecule has 0 radical (unpaired) electrons. The fourth-order valence-electron chi connectivity index (χ4n) is 8.77. The molecule has 11 heteroatoms. The lowest BCUT2D eigenvalue weighted by molar-refractivity contribution is -0.134. The van der Waals surface area contributed by atoms with Crippen molar-refractivity contribution < 1.29 is 9.59 Å². The Bertz CT molecular complexity index is 1780. The van der Waals surface area contributed by atoms with E-state index in [1.54, 1.807) is 13.2 Å². The Kier molecular flexibility index (Phi) is 10.2. The van der Waals surface area contributed by atoms with Crippen molar-refractivity contribution in [2.24, 2.45) is 12.5 Å². The van der Waals surface area contributed by atoms with E-state index in [1.165, 1.54) is 47.2 Å². The number of likely N-dealkylation sites (tertiary alicyclic amines) is 2. The lowest BCUT2D eigenvalue weighted by Crippen LogP contribution is -2.46. The van der Waals surface area contributed by atoms with Crippen LogP contribution in [0, 0.1) is 12.3 Å². The lowest BCUT2D eigenvalue weighted by Gasteiger charge is -2.47. The van der Waals surface area contributed by atoms with Gasteiger partial charge in [0.05, 0.1) is 17.8 Å². The van der Waals surface area contributed by atoms with Gasteiger partial charge in [-0.05, 0) is 127 Å². The predicted octanol–water partition coefficient (Wildman–Crippen LogP) is 5.15. The van der Waals surface area contributed by atoms with E-state index in [0.717, 1.165) is 69.0 Å². The van der Waals surface area contributed by atoms with Crippen LogP contribution in [-0.4, -0.2) is 83.8 Å². The summed E-state index contributed by atoms with van der Waals surface area (Å²) < 4.78 is 1.87. The molecule has 2 aromatic carbocycles. The number of amides is 2. The minimum atomic E-state index is -0.243. The molecule has 2 N–H and O–H groups in total. The van der Waals surface area contributed by atoms with Gasteiger partial charge in [-0.25, -0.2) is 4.68 Å². The van der Waals surface area contributed by atoms with Crippen LogP contribution in [0.5, 0.6) is 0 Å². The Labute approximate surface area is 303 Å². The van der Waals surface area contributed by atoms with E-state index in [1.807, 2.05) is 0 Å². The Hall–Kier alpha value is -3.54. The number of aryl methyl sites for hydroxylation is 2. The maximum Gasteiger partial charge on any atom is 0.282 e. The number of piperidine rings is 4. The first-order valence-electron chi connectivity index (χ1n) is 18.2. The van der Waals surface area contributed by atoms with Gasteiger partial charge >= 0.3 is 0 Å². The third-order valence-electron chi connectivity index (χ3n) is 11.9. The normalized spacial score (nSPS) is 24.7. The predicted molar refractivity (Wildman–Crippen MR) is 201 cm³/mol. The molecule has 1 unspecified atom stereocenters. The third-order valence-corrected chi connectivity index (χ3v) is 12.7. The van der Waals surface area contributed by atoms with Crippen LogP contribution < -0.4 is 21.1 Å². The number of likely N-dealkylation sites (N-methyl/N-ethyl adjacent to an activating group) is 1. The van der Waals surface area contributed by atoms with E-state index in [0.29, 0.717) is 28.6 Å². The van der Waals surface area contributed by atoms with Crippen molar-refractivity contribution in [1.82, 2.24) is 24.9 Å². The summed E-state index contributed by atoms with van der Waals surface area (Å²) in [5, 5.41) is 10.3. The third kappa shape index (κ3) is 7.55. The van der Waals surface area contributed by atoms with Crippen LogP contribution in [-0.2, 0) is 23.2 Å². The number of hydrogen-bond acceptors (Lipinski definition) is 8. The molecule has 0 aliphatic carbocycles. The Morgan fingerprint density at radius 1 is 0.960 bits per heavy atom. The number of aromatic nitrogens is 2. The Balaban J connectivity index is 0.900. The second kappa shape index (κ2) is 14.6. The first kappa shape index (κ1) is 34.9. The average molecular weight is 745 g/mol. The SMILES string of the molecule is Cc1ccc(N2CCC3(CCN(Cc4ccc([C@@H]5C[C@H](Nc6cnn(C)c(=O)c6Br)CN(C)C5)cc4)CC3)CC2)cc1C1CCC(=O)NC1=O. The van der Waals surface area contributed by atoms with Gasteiger partial charge in [0, 0.05) is 57.9 Å². The summed E-state index contributed by atoms with van der Waals surface area (Å²) in [5.41, 5.74) is 7.16. The Morgan fingerprint density at radius 2 is 1.68 bits per heavy atom. The van der Waals surface area contributed by atoms with E-state index in [-0.39, 0.29) is 29.3 Å². The molecule has 4 aliphatic heterocycles. The first-order valence-corrected chi connectivity index (χ1v) is 19.0. The van der Waals surface area contributed by atoms with Gasteiger partial charge < -0.3 is 15.1 Å². The van der Waals surface area contributed by atoms with E-state index in [2.05, 4.69) is 103 Å². The molecule has 3 aromatic rings. The van der Waals surface area contributed by atoms with Gasteiger partial charge in [-0.15, -0.1) is 0 Å². The molecule has 10 nitrogen and oxygen atoms in total. The monoisotopic (exact) mass is 743 g/mol. The van der Waals surface area contributed by atoms with Crippen molar-refractivity contribution >= 4 is 39.1 Å². The van der Waals surface area contributed by atoms with Gasteiger partial charge in [0.25, 0.3) is 5.56 Å². The minimum Gasteiger partial charge on any atom is -0.379 e. The zero-order valence-electron chi connectivity index (χ0n) is 29.6. The van der Waals surface area contributed by atoms with Gasteiger partial charge in [-0.2, -0.15) is 5.10 Å². The quantitative estimate of drug-likeness (QED) is 0.321. The molecular formula is C39H50BrN7O3. The minimum absolute atomic E-state index is 0.137. The van der Waals surface area contributed by atoms with E-state index >= 15 is 0 Å². The Morgan fingerprint density at radius 3 is 2.40 bits per heavy atom. The lowest BCUT2D eigenvalue weighted by atomic mass is 9.71. The molecule has 7 rings (SSSR count). The fraction of sp³-hybridized carbons (Fsp3) is 0.538. The number of benzene rings is 2. The highest BCUT2D eigenvalue weighted by Crippen LogP contribution is 2.43. The second-order valence-electron chi connectivity index (χ2n) is 15.3. The molecule has 4 fully saturated rings. The molecule has 1 spiro atoms. The van der Waals surface area contributed by atoms with E-state index in [4.69, 9.17) is 0 Å². The summed E-state index contributed by atoms with van der Waals surface area (Å²) in [6.45, 7) is 9.36. The largest absolute Gasteiger partial charge is 0.379 e. The number of rotatable bonds is 7. The number of halogens is 1. The van der Waals surface area contributed by atoms with E-state index < -0.39 is 0 Å². The van der Waals surface area contributed by atoms with Crippen molar-refractivity contribution in [1.29, 1.82) is 0 Å². The highest BCUT2D eigenvalue weighted by molar-refractivity contribution is 9.10. The number of carbonyl (C=O) groups is 2. The molecule has 1 aromatic heterocycles. The summed E-state index contributed by atoms with van der Waals surface area (Å²) in [7, 11) is 3.83. The van der Waals surface area contributed by atoms with Crippen molar-refractivity contribution in [2.45, 2.75) is 76.3 Å². The molecule has 3 atom stereocenters. The van der Waals surface area contributed by atoms with Gasteiger partial charge in [0.2, 0.25) is 11.8 Å². The molecule has 266 valence electrons. The summed E-state index contributed by atoms with van der Waals surface area (Å²) >= 11 is 3.46. The van der Waals surface area contributed by atoms with Crippen LogP contribution in [0.2, 0.25) is 0 Å². The molecular weight excluding hydrogens is 694 g/mol. The summed E-state index contributed by atoms with van der Waals surface area (Å²) in [5.74, 6) is -0.147. The summed E-state index contributed by atoms with van der Waals surface area (Å²) in [6.07, 6.45) is 8.63. The number of anilines is 2. The molecule has 4 aliphatic rings. The van der Waals surface area contributed by atoms with Crippen molar-refractivity contribution in [3.8, 4) is 0 Å². The van der Waals surface area contributed by atoms with Crippen LogP contribution in [0.1, 0.15) is 79.0 Å². The summed E-state index contributed by atoms with van der Waals surface area (Å²) in [4.78, 5) is 44.2. The maximum atomic E-state index is 12.6. The van der Waals surface area contributed by atoms with Crippen LogP contribution in [0.25, 0.3) is 0 Å². The van der Waals surface area contributed by atoms with Crippen LogP contribution in [0.3, 0.4) is 0 Å². The van der Waals surface area contributed by atoms with E-state index in [9.17, 15) is 14.4 Å². The number of hydrogen-bond donors (Lipinski definition) is 2. The van der Waals surface area contributed by atoms with Gasteiger partial charge in [0.15, 0.2) is 0 Å². The van der Waals surface area contributed by atoms with Crippen LogP contribution >= 0.6 is 15.9 Å². The number of imide groups is 1. The molecule has 50 heavy (non-hydrogen) atoms. The maximum absolute atomic E-state index is 12.6. The van der Waals surface area contributed by atoms with Gasteiger partial charge in [-0.1, -0.05) is 30.3 Å². The molecule has 0 bridgehead atoms. The van der Waals surface area contributed by atoms with Crippen LogP contribution in [0.4, 0.5) is 11.4 Å². The van der Waals surface area contributed by atoms with Crippen molar-refractivity contribution in [3.05, 3.63) is 85.7 Å². The highest BCUT2D eigenvalue weighted by Gasteiger charge is 2.38. The standard InChI is InChI=1S/C39H50BrN7O3/c1-26-4-9-31(21-33(26)32-10-11-35(48)43-37(32)49)47-18-14-39(15-19-47)12-16-46(17-13-39)23-27-5-7-28(8-6-27)29-20-30(25-44(2)24-29)42-34-22-41-45(3)38(50)36(34)40/h4-9,21-22,29-30,32,42H,10-20,23-25H2,1-3H3,(H,43,48,49)/t29-,30+,32?/m1/s1. The summed E-state index contributed by atoms with van der Waals surface area (Å²) in [6, 6.07) is 16.1. The zero-order valence-corrected chi connectivity index (χ0v) is 31.2. The van der Waals surface area contributed by atoms with Gasteiger partial charge in [0.1, 0.15) is 4.47 Å². The number of carbonyl (C=O) groups excluding carboxylic acids is 2. The molecule has 2 amide bonds. The highest BCUT2D eigenvalue weighted by atomic mass is 79.9. The smallest absolute Gasteiger partial charge is 0.282 e. The molecule has 5 heterocycles. The van der Waals surface area contributed by atoms with Crippen molar-refractivity contribution in [3.63, 3.8) is 0 Å². The van der Waals surface area contributed by atoms with Crippen LogP contribution in [0.15, 0.2) is 57.9 Å². The average Bonchev–Trinajstić information content (AvgIpc) is 3.11. The molecule has 4 saturated heterocycles. The van der Waals surface area contributed by atoms with Crippen molar-refractivity contribution in [2.75, 3.05) is 56.5 Å².